The fourth-order valence-corrected chi connectivity index (χ4v) is 6.19. The summed E-state index contributed by atoms with van der Waals surface area (Å²) >= 11 is 0. The number of aryl methyl sites for hydroxylation is 1. The number of nitrogens with zero attached hydrogens (tertiary/aromatic N) is 5. The van der Waals surface area contributed by atoms with Crippen LogP contribution in [0.5, 0.6) is 0 Å². The Morgan fingerprint density at radius 2 is 1.87 bits per heavy atom. The first kappa shape index (κ1) is 33.8. The number of amidine groups is 1. The van der Waals surface area contributed by atoms with Crippen LogP contribution in [0.15, 0.2) is 77.3 Å². The van der Waals surface area contributed by atoms with Crippen LogP contribution < -0.4 is 62.4 Å². The van der Waals surface area contributed by atoms with Crippen LogP contribution in [-0.4, -0.2) is 60.4 Å². The maximum absolute atomic E-state index is 14.3. The van der Waals surface area contributed by atoms with Gasteiger partial charge in [-0.2, -0.15) is 10.1 Å². The van der Waals surface area contributed by atoms with E-state index in [1.807, 2.05) is 57.6 Å². The molecule has 2 aromatic heterocycles. The summed E-state index contributed by atoms with van der Waals surface area (Å²) < 4.78 is 9.58. The molecule has 11 nitrogen and oxygen atoms in total. The van der Waals surface area contributed by atoms with Crippen molar-refractivity contribution in [2.45, 2.75) is 76.5 Å². The van der Waals surface area contributed by atoms with Gasteiger partial charge in [-0.15, -0.1) is 6.58 Å². The van der Waals surface area contributed by atoms with Crippen molar-refractivity contribution >= 4 is 11.6 Å². The molecule has 1 aliphatic carbocycles. The Labute approximate surface area is 304 Å². The number of nitrogens with one attached hydrogen (secondary N) is 1. The van der Waals surface area contributed by atoms with Crippen LogP contribution in [0.3, 0.4) is 0 Å². The number of hydrogen-bond acceptors (Lipinski definition) is 9. The Morgan fingerprint density at radius 1 is 1.13 bits per heavy atom. The van der Waals surface area contributed by atoms with E-state index in [0.29, 0.717) is 24.5 Å². The molecule has 6 rings (SSSR count). The molecule has 45 heavy (non-hydrogen) atoms. The minimum absolute atomic E-state index is 0. The molecule has 4 aromatic rings. The van der Waals surface area contributed by atoms with Crippen molar-refractivity contribution in [2.75, 3.05) is 6.61 Å². The van der Waals surface area contributed by atoms with Gasteiger partial charge in [0.15, 0.2) is 5.84 Å². The molecule has 0 amide bonds. The van der Waals surface area contributed by atoms with E-state index >= 15 is 0 Å². The van der Waals surface area contributed by atoms with Gasteiger partial charge in [0.25, 0.3) is 12.0 Å². The van der Waals surface area contributed by atoms with E-state index in [-0.39, 0.29) is 75.7 Å². The summed E-state index contributed by atoms with van der Waals surface area (Å²) in [5.41, 5.74) is 8.07. The number of rotatable bonds is 11. The predicted molar refractivity (Wildman–Crippen MR) is 166 cm³/mol. The maximum atomic E-state index is 14.3. The molecule has 1 aliphatic heterocycles. The van der Waals surface area contributed by atoms with Crippen molar-refractivity contribution in [3.05, 3.63) is 100 Å². The number of aliphatic imine (C=N–C) groups is 1. The number of aliphatic hydroxyl groups excluding tert-OH is 2. The van der Waals surface area contributed by atoms with Crippen molar-refractivity contribution < 1.29 is 71.2 Å². The Hall–Kier alpha value is -2.52. The van der Waals surface area contributed by atoms with Gasteiger partial charge in [0.05, 0.1) is 24.5 Å². The van der Waals surface area contributed by atoms with Gasteiger partial charge in [-0.3, -0.25) is 9.36 Å². The topological polar surface area (TPSA) is 136 Å². The molecule has 0 saturated heterocycles. The molecule has 2 aliphatic rings. The molecule has 12 heteroatoms. The molecule has 0 bridgehead atoms. The molecule has 0 spiro atoms. The van der Waals surface area contributed by atoms with Gasteiger partial charge in [-0.25, -0.2) is 19.8 Å². The van der Waals surface area contributed by atoms with Crippen molar-refractivity contribution in [1.82, 2.24) is 24.6 Å². The number of benzene rings is 2. The van der Waals surface area contributed by atoms with Gasteiger partial charge in [0.2, 0.25) is 5.78 Å². The third kappa shape index (κ3) is 7.40. The molecule has 2 aromatic carbocycles. The second kappa shape index (κ2) is 15.4. The average Bonchev–Trinajstić information content (AvgIpc) is 3.72. The second-order valence-electron chi connectivity index (χ2n) is 11.3. The normalized spacial score (nSPS) is 20.3. The van der Waals surface area contributed by atoms with Gasteiger partial charge in [0, 0.05) is 23.6 Å². The van der Waals surface area contributed by atoms with Crippen LogP contribution in [0.1, 0.15) is 67.5 Å². The molecular formula is C33H38KN6O5+. The molecule has 230 valence electrons. The third-order valence-corrected chi connectivity index (χ3v) is 8.43. The zero-order chi connectivity index (χ0) is 30.6. The predicted octanol–water partition coefficient (Wildman–Crippen LogP) is 0.710. The van der Waals surface area contributed by atoms with Gasteiger partial charge >= 0.3 is 51.4 Å². The first-order valence-electron chi connectivity index (χ1n) is 15.2. The molecule has 2 unspecified atom stereocenters. The van der Waals surface area contributed by atoms with Gasteiger partial charge in [0.1, 0.15) is 6.33 Å². The summed E-state index contributed by atoms with van der Waals surface area (Å²) in [6.07, 6.45) is 6.34. The van der Waals surface area contributed by atoms with E-state index in [1.165, 1.54) is 12.4 Å². The summed E-state index contributed by atoms with van der Waals surface area (Å²) in [6, 6.07) is 16.0. The smallest absolute Gasteiger partial charge is 0.387 e. The van der Waals surface area contributed by atoms with E-state index in [9.17, 15) is 15.0 Å². The molecule has 1 fully saturated rings. The summed E-state index contributed by atoms with van der Waals surface area (Å²) in [5.74, 6) is 1.05. The quantitative estimate of drug-likeness (QED) is 0.162. The van der Waals surface area contributed by atoms with Crippen molar-refractivity contribution in [3.63, 3.8) is 0 Å². The Balaban J connectivity index is 0.00000400. The number of hydroxylamine groups is 1. The maximum Gasteiger partial charge on any atom is 1.00 e. The number of ether oxygens (including phenoxy) is 1. The van der Waals surface area contributed by atoms with Gasteiger partial charge in [-0.1, -0.05) is 68.0 Å². The standard InChI is InChI=1S/C33H38N6O5.K/c1-3-7-29-28(18-21-10-12-22(13-11-21)26-8-5-6-9-27(26)30-36-33(42)44-37-30)31(41)38(32-34-20-35-39(29)32)23-14-16-25(17-15-23)43-19-24(40)4-2;/h4-6,8-13,20,23-25,33,40,42H,2-3,7,14-19H2,1H3,(H,36,37);/q;+1. The Morgan fingerprint density at radius 3 is 2.53 bits per heavy atom. The van der Waals surface area contributed by atoms with E-state index in [0.717, 1.165) is 65.6 Å². The fourth-order valence-electron chi connectivity index (χ4n) is 6.19. The molecule has 3 heterocycles. The first-order valence-corrected chi connectivity index (χ1v) is 15.2. The van der Waals surface area contributed by atoms with E-state index < -0.39 is 12.5 Å². The zero-order valence-corrected chi connectivity index (χ0v) is 28.9. The second-order valence-corrected chi connectivity index (χ2v) is 11.3. The molecule has 1 saturated carbocycles. The largest absolute Gasteiger partial charge is 1.00 e. The Bertz CT molecular complexity index is 1710. The van der Waals surface area contributed by atoms with Gasteiger partial charge in [-0.05, 0) is 48.8 Å². The van der Waals surface area contributed by atoms with Gasteiger partial charge < -0.3 is 14.9 Å². The monoisotopic (exact) mass is 637 g/mol. The molecule has 3 N–H and O–H groups in total. The Kier molecular flexibility index (Phi) is 11.6. The number of fused-ring (bicyclic) bond motifs is 1. The summed E-state index contributed by atoms with van der Waals surface area (Å²) in [4.78, 5) is 27.9. The van der Waals surface area contributed by atoms with Crippen molar-refractivity contribution in [1.29, 1.82) is 0 Å². The van der Waals surface area contributed by atoms with Crippen LogP contribution in [0.25, 0.3) is 16.9 Å². The van der Waals surface area contributed by atoms with Crippen LogP contribution in [0, 0.1) is 0 Å². The number of aliphatic hydroxyl groups is 2. The van der Waals surface area contributed by atoms with Crippen LogP contribution in [0.2, 0.25) is 0 Å². The molecule has 0 radical (unpaired) electrons. The minimum Gasteiger partial charge on any atom is -0.387 e. The van der Waals surface area contributed by atoms with Crippen LogP contribution in [-0.2, 0) is 22.4 Å². The summed E-state index contributed by atoms with van der Waals surface area (Å²) in [7, 11) is 0. The SMILES string of the molecule is C=CC(O)COC1CCC(n2c(=O)c(Cc3ccc(-c4ccccc4C4=NC(O)ON4)cc3)c(CCC)n3ncnc23)CC1.[K+]. The minimum atomic E-state index is -1.23. The van der Waals surface area contributed by atoms with Crippen LogP contribution >= 0.6 is 0 Å². The van der Waals surface area contributed by atoms with Crippen molar-refractivity contribution in [3.8, 4) is 11.1 Å². The van der Waals surface area contributed by atoms with E-state index in [2.05, 4.69) is 34.1 Å². The van der Waals surface area contributed by atoms with E-state index in [1.54, 1.807) is 0 Å². The van der Waals surface area contributed by atoms with Crippen LogP contribution in [0.4, 0.5) is 0 Å². The first-order chi connectivity index (χ1) is 21.5. The molecule has 2 atom stereocenters. The zero-order valence-electron chi connectivity index (χ0n) is 25.8. The molecular weight excluding hydrogens is 599 g/mol. The summed E-state index contributed by atoms with van der Waals surface area (Å²) in [5, 5.41) is 24.0. The van der Waals surface area contributed by atoms with E-state index in [4.69, 9.17) is 9.57 Å². The third-order valence-electron chi connectivity index (χ3n) is 8.43. The average molecular weight is 638 g/mol. The number of hydrogen-bond donors (Lipinski definition) is 3. The number of aromatic nitrogens is 4. The summed E-state index contributed by atoms with van der Waals surface area (Å²) in [6.45, 7) is 5.94. The fraction of sp³-hybridized carbons (Fsp3) is 0.394. The van der Waals surface area contributed by atoms with Crippen molar-refractivity contribution in [2.24, 2.45) is 4.99 Å².